The predicted molar refractivity (Wildman–Crippen MR) is 156 cm³/mol. The molecule has 5 aromatic rings. The Kier molecular flexibility index (Phi) is 8.01. The van der Waals surface area contributed by atoms with Gasteiger partial charge in [-0.05, 0) is 28.8 Å². The van der Waals surface area contributed by atoms with Crippen LogP contribution in [-0.2, 0) is 24.5 Å². The van der Waals surface area contributed by atoms with Crippen LogP contribution in [0, 0.1) is 0 Å². The van der Waals surface area contributed by atoms with Gasteiger partial charge in [0.15, 0.2) is 12.4 Å². The third-order valence-corrected chi connectivity index (χ3v) is 7.15. The quantitative estimate of drug-likeness (QED) is 0.152. The fraction of sp³-hybridized carbons (Fsp3) is 0.139. The van der Waals surface area contributed by atoms with Crippen LogP contribution in [0.1, 0.15) is 38.9 Å². The van der Waals surface area contributed by atoms with E-state index in [1.807, 2.05) is 127 Å². The van der Waals surface area contributed by atoms with Gasteiger partial charge in [-0.1, -0.05) is 140 Å². The first-order valence-electron chi connectivity index (χ1n) is 13.7. The minimum atomic E-state index is -1.08. The molecule has 1 fully saturated rings. The summed E-state index contributed by atoms with van der Waals surface area (Å²) in [4.78, 5) is 13.2. The van der Waals surface area contributed by atoms with E-state index in [1.54, 1.807) is 24.3 Å². The fourth-order valence-electron chi connectivity index (χ4n) is 5.16. The van der Waals surface area contributed by atoms with Gasteiger partial charge in [0.25, 0.3) is 0 Å². The summed E-state index contributed by atoms with van der Waals surface area (Å²) < 4.78 is 25.8. The lowest BCUT2D eigenvalue weighted by molar-refractivity contribution is -0.341. The van der Waals surface area contributed by atoms with E-state index < -0.39 is 30.3 Å². The van der Waals surface area contributed by atoms with Gasteiger partial charge < -0.3 is 18.9 Å². The summed E-state index contributed by atoms with van der Waals surface area (Å²) in [6.07, 6.45) is -2.51. The molecule has 41 heavy (non-hydrogen) atoms. The van der Waals surface area contributed by atoms with Crippen molar-refractivity contribution < 1.29 is 23.7 Å². The van der Waals surface area contributed by atoms with Crippen molar-refractivity contribution >= 4 is 5.97 Å². The molecule has 1 aliphatic rings. The van der Waals surface area contributed by atoms with E-state index in [0.717, 1.165) is 22.3 Å². The number of benzene rings is 5. The number of hydrogen-bond acceptors (Lipinski definition) is 5. The average molecular weight is 543 g/mol. The van der Waals surface area contributed by atoms with Gasteiger partial charge in [0, 0.05) is 5.56 Å². The Hall–Kier alpha value is -4.55. The first-order valence-corrected chi connectivity index (χ1v) is 13.7. The summed E-state index contributed by atoms with van der Waals surface area (Å²) in [6.45, 7) is 0.0945. The summed E-state index contributed by atoms with van der Waals surface area (Å²) >= 11 is 0. The molecule has 0 spiro atoms. The monoisotopic (exact) mass is 542 g/mol. The molecule has 6 rings (SSSR count). The van der Waals surface area contributed by atoms with Crippen LogP contribution in [0.2, 0.25) is 0 Å². The van der Waals surface area contributed by atoms with Crippen LogP contribution >= 0.6 is 0 Å². The smallest absolute Gasteiger partial charge is 0.338 e. The van der Waals surface area contributed by atoms with Gasteiger partial charge in [-0.25, -0.2) is 4.79 Å². The molecule has 1 aliphatic heterocycles. The molecule has 0 bridgehead atoms. The molecule has 0 aliphatic carbocycles. The van der Waals surface area contributed by atoms with Crippen molar-refractivity contribution in [2.75, 3.05) is 6.61 Å². The Morgan fingerprint density at radius 1 is 0.610 bits per heavy atom. The number of rotatable bonds is 8. The Bertz CT molecular complexity index is 1430. The number of ether oxygens (including phenoxy) is 4. The van der Waals surface area contributed by atoms with Crippen molar-refractivity contribution in [1.29, 1.82) is 0 Å². The highest BCUT2D eigenvalue weighted by molar-refractivity contribution is 5.89. The van der Waals surface area contributed by atoms with Crippen molar-refractivity contribution in [3.63, 3.8) is 0 Å². The average Bonchev–Trinajstić information content (AvgIpc) is 3.06. The van der Waals surface area contributed by atoms with Crippen LogP contribution in [0.4, 0.5) is 0 Å². The Labute approximate surface area is 239 Å². The van der Waals surface area contributed by atoms with Crippen LogP contribution in [-0.4, -0.2) is 25.0 Å². The lowest BCUT2D eigenvalue weighted by Gasteiger charge is -2.43. The first kappa shape index (κ1) is 26.7. The topological polar surface area (TPSA) is 54.0 Å². The molecule has 2 unspecified atom stereocenters. The standard InChI is InChI=1S/C36H30O5/c37-33(27-16-6-1-7-17-27)39-32-26-38-34(28-18-8-2-9-19-28)40-35(32)41-36(29-20-10-3-11-21-29,30-22-12-4-13-23-30)31-24-14-5-15-25-31/h1-25,32,34-35H,26H2/t32-,34?,35?/m0/s1. The molecule has 0 radical (unpaired) electrons. The Balaban J connectivity index is 1.45. The third-order valence-electron chi connectivity index (χ3n) is 7.15. The maximum Gasteiger partial charge on any atom is 0.338 e. The van der Waals surface area contributed by atoms with Crippen LogP contribution in [0.5, 0.6) is 0 Å². The lowest BCUT2D eigenvalue weighted by Crippen LogP contribution is -2.49. The SMILES string of the molecule is O=C(O[C@H]1COC(c2ccccc2)OC1OC(c1ccccc1)(c1ccccc1)c1ccccc1)c1ccccc1. The zero-order chi connectivity index (χ0) is 27.9. The van der Waals surface area contributed by atoms with Gasteiger partial charge in [-0.3, -0.25) is 0 Å². The normalized spacial score (nSPS) is 18.9. The van der Waals surface area contributed by atoms with E-state index in [9.17, 15) is 4.79 Å². The number of hydrogen-bond donors (Lipinski definition) is 0. The van der Waals surface area contributed by atoms with Crippen LogP contribution in [0.25, 0.3) is 0 Å². The molecule has 1 heterocycles. The Morgan fingerprint density at radius 3 is 1.54 bits per heavy atom. The summed E-state index contributed by atoms with van der Waals surface area (Å²) in [5.41, 5.74) is 2.95. The molecule has 0 N–H and O–H groups in total. The molecule has 0 amide bonds. The number of esters is 1. The molecule has 0 aromatic heterocycles. The van der Waals surface area contributed by atoms with Crippen molar-refractivity contribution in [3.8, 4) is 0 Å². The van der Waals surface area contributed by atoms with E-state index in [0.29, 0.717) is 5.56 Å². The second-order valence-electron chi connectivity index (χ2n) is 9.79. The molecular weight excluding hydrogens is 512 g/mol. The maximum atomic E-state index is 13.2. The highest BCUT2D eigenvalue weighted by Gasteiger charge is 2.46. The van der Waals surface area contributed by atoms with Gasteiger partial charge in [0.05, 0.1) is 12.2 Å². The minimum Gasteiger partial charge on any atom is -0.451 e. The van der Waals surface area contributed by atoms with E-state index in [-0.39, 0.29) is 6.61 Å². The minimum absolute atomic E-state index is 0.0945. The van der Waals surface area contributed by atoms with Crippen LogP contribution in [0.3, 0.4) is 0 Å². The lowest BCUT2D eigenvalue weighted by atomic mass is 9.80. The van der Waals surface area contributed by atoms with Gasteiger partial charge in [0.1, 0.15) is 5.60 Å². The number of carbonyl (C=O) groups excluding carboxylic acids is 1. The van der Waals surface area contributed by atoms with Gasteiger partial charge in [-0.15, -0.1) is 0 Å². The zero-order valence-corrected chi connectivity index (χ0v) is 22.4. The molecule has 1 saturated heterocycles. The third kappa shape index (κ3) is 5.70. The first-order chi connectivity index (χ1) is 20.2. The van der Waals surface area contributed by atoms with Crippen LogP contribution < -0.4 is 0 Å². The summed E-state index contributed by atoms with van der Waals surface area (Å²) in [5, 5.41) is 0. The van der Waals surface area contributed by atoms with E-state index in [4.69, 9.17) is 18.9 Å². The molecule has 5 nitrogen and oxygen atoms in total. The zero-order valence-electron chi connectivity index (χ0n) is 22.4. The van der Waals surface area contributed by atoms with Crippen LogP contribution in [0.15, 0.2) is 152 Å². The van der Waals surface area contributed by atoms with Crippen molar-refractivity contribution in [3.05, 3.63) is 179 Å². The summed E-state index contributed by atoms with van der Waals surface area (Å²) in [6, 6.07) is 48.7. The number of carbonyl (C=O) groups is 1. The summed E-state index contributed by atoms with van der Waals surface area (Å²) in [7, 11) is 0. The Morgan fingerprint density at radius 2 is 1.05 bits per heavy atom. The van der Waals surface area contributed by atoms with E-state index >= 15 is 0 Å². The second-order valence-corrected chi connectivity index (χ2v) is 9.79. The molecule has 5 heteroatoms. The molecular formula is C36H30O5. The maximum absolute atomic E-state index is 13.2. The highest BCUT2D eigenvalue weighted by atomic mass is 16.8. The van der Waals surface area contributed by atoms with Gasteiger partial charge in [0.2, 0.25) is 6.29 Å². The fourth-order valence-corrected chi connectivity index (χ4v) is 5.16. The molecule has 204 valence electrons. The van der Waals surface area contributed by atoms with Crippen molar-refractivity contribution in [1.82, 2.24) is 0 Å². The van der Waals surface area contributed by atoms with Gasteiger partial charge in [-0.2, -0.15) is 0 Å². The molecule has 5 aromatic carbocycles. The van der Waals surface area contributed by atoms with E-state index in [1.165, 1.54) is 0 Å². The largest absolute Gasteiger partial charge is 0.451 e. The summed E-state index contributed by atoms with van der Waals surface area (Å²) in [5.74, 6) is -0.473. The van der Waals surface area contributed by atoms with Crippen molar-refractivity contribution in [2.45, 2.75) is 24.3 Å². The highest BCUT2D eigenvalue weighted by Crippen LogP contribution is 2.43. The van der Waals surface area contributed by atoms with Crippen molar-refractivity contribution in [2.24, 2.45) is 0 Å². The van der Waals surface area contributed by atoms with E-state index in [2.05, 4.69) is 0 Å². The molecule has 3 atom stereocenters. The molecule has 0 saturated carbocycles. The predicted octanol–water partition coefficient (Wildman–Crippen LogP) is 7.29. The second kappa shape index (κ2) is 12.3. The van der Waals surface area contributed by atoms with Gasteiger partial charge >= 0.3 is 5.97 Å².